The normalized spacial score (nSPS) is 11.3. The third-order valence-electron chi connectivity index (χ3n) is 4.60. The summed E-state index contributed by atoms with van der Waals surface area (Å²) in [5, 5.41) is 11.6. The van der Waals surface area contributed by atoms with Gasteiger partial charge >= 0.3 is 0 Å². The van der Waals surface area contributed by atoms with Gasteiger partial charge in [0.15, 0.2) is 17.2 Å². The Balaban J connectivity index is 2.28. The van der Waals surface area contributed by atoms with Crippen LogP contribution in [0.2, 0.25) is 0 Å². The summed E-state index contributed by atoms with van der Waals surface area (Å²) >= 11 is 0. The monoisotopic (exact) mass is 336 g/mol. The van der Waals surface area contributed by atoms with Crippen LogP contribution < -0.4 is 19.6 Å². The molecule has 25 heavy (non-hydrogen) atoms. The standard InChI is InChI=1S/C20H16O5/c1-23-18-12-6-4-5-10-13-9-15(22)14(21)8-7-11(13)17(16(10)12)19(24-2)20(18)25-3/h4-9H,1-3H3,(H,21,22). The van der Waals surface area contributed by atoms with E-state index in [9.17, 15) is 9.90 Å². The molecule has 0 aromatic heterocycles. The molecule has 1 N–H and O–H groups in total. The Labute approximate surface area is 144 Å². The first-order chi connectivity index (χ1) is 12.1. The molecule has 0 saturated heterocycles. The zero-order valence-corrected chi connectivity index (χ0v) is 14.0. The van der Waals surface area contributed by atoms with Crippen molar-refractivity contribution in [3.63, 3.8) is 0 Å². The van der Waals surface area contributed by atoms with Crippen LogP contribution in [0.1, 0.15) is 0 Å². The molecule has 1 aliphatic carbocycles. The van der Waals surface area contributed by atoms with Gasteiger partial charge in [-0.05, 0) is 34.9 Å². The molecule has 0 bridgehead atoms. The summed E-state index contributed by atoms with van der Waals surface area (Å²) in [6.07, 6.45) is 0. The van der Waals surface area contributed by atoms with E-state index >= 15 is 0 Å². The Hall–Kier alpha value is -3.21. The lowest BCUT2D eigenvalue weighted by Gasteiger charge is -2.17. The first-order valence-corrected chi connectivity index (χ1v) is 7.75. The first kappa shape index (κ1) is 15.3. The van der Waals surface area contributed by atoms with E-state index in [1.54, 1.807) is 27.4 Å². The topological polar surface area (TPSA) is 65.0 Å². The van der Waals surface area contributed by atoms with Crippen molar-refractivity contribution in [3.8, 4) is 45.3 Å². The fourth-order valence-electron chi connectivity index (χ4n) is 3.59. The van der Waals surface area contributed by atoms with Gasteiger partial charge in [-0.3, -0.25) is 4.79 Å². The molecule has 1 aliphatic rings. The molecule has 0 heterocycles. The van der Waals surface area contributed by atoms with E-state index in [-0.39, 0.29) is 5.75 Å². The fraction of sp³-hybridized carbons (Fsp3) is 0.150. The lowest BCUT2D eigenvalue weighted by atomic mass is 10.00. The van der Waals surface area contributed by atoms with Crippen molar-refractivity contribution in [3.05, 3.63) is 46.6 Å². The molecule has 5 nitrogen and oxygen atoms in total. The Morgan fingerprint density at radius 2 is 1.52 bits per heavy atom. The van der Waals surface area contributed by atoms with Gasteiger partial charge in [0.25, 0.3) is 0 Å². The van der Waals surface area contributed by atoms with E-state index in [1.165, 1.54) is 12.1 Å². The number of rotatable bonds is 3. The minimum Gasteiger partial charge on any atom is -0.504 e. The molecule has 0 radical (unpaired) electrons. The van der Waals surface area contributed by atoms with Gasteiger partial charge in [0, 0.05) is 16.3 Å². The summed E-state index contributed by atoms with van der Waals surface area (Å²) in [5.41, 5.74) is 2.86. The summed E-state index contributed by atoms with van der Waals surface area (Å²) in [6.45, 7) is 0. The number of hydrogen-bond donors (Lipinski definition) is 1. The molecular weight excluding hydrogens is 320 g/mol. The van der Waals surface area contributed by atoms with Crippen molar-refractivity contribution in [1.29, 1.82) is 0 Å². The molecule has 0 unspecified atom stereocenters. The zero-order chi connectivity index (χ0) is 17.7. The molecule has 0 spiro atoms. The second-order valence-corrected chi connectivity index (χ2v) is 5.76. The summed E-state index contributed by atoms with van der Waals surface area (Å²) in [6, 6.07) is 10.4. The third kappa shape index (κ3) is 1.92. The van der Waals surface area contributed by atoms with Crippen molar-refractivity contribution in [1.82, 2.24) is 0 Å². The molecule has 3 aromatic carbocycles. The van der Waals surface area contributed by atoms with Crippen molar-refractivity contribution in [2.24, 2.45) is 0 Å². The molecule has 5 heteroatoms. The molecule has 126 valence electrons. The molecule has 0 fully saturated rings. The number of methoxy groups -OCH3 is 3. The Bertz CT molecular complexity index is 1090. The number of fused-ring (bicyclic) bond motifs is 3. The second-order valence-electron chi connectivity index (χ2n) is 5.76. The Kier molecular flexibility index (Phi) is 3.32. The van der Waals surface area contributed by atoms with E-state index in [1.807, 2.05) is 18.2 Å². The molecule has 0 amide bonds. The summed E-state index contributed by atoms with van der Waals surface area (Å²) in [7, 11) is 4.72. The smallest absolute Gasteiger partial charge is 0.220 e. The highest BCUT2D eigenvalue weighted by Crippen LogP contribution is 2.57. The average Bonchev–Trinajstić information content (AvgIpc) is 2.85. The van der Waals surface area contributed by atoms with Gasteiger partial charge in [0.1, 0.15) is 0 Å². The SMILES string of the molecule is COc1c(OC)c2c3c(cccc3c1OC)-c1cc(=O)c(O)ccc1-2. The lowest BCUT2D eigenvalue weighted by Crippen LogP contribution is -1.97. The zero-order valence-electron chi connectivity index (χ0n) is 14.0. The highest BCUT2D eigenvalue weighted by molar-refractivity contribution is 6.19. The minimum absolute atomic E-state index is 0.289. The predicted octanol–water partition coefficient (Wildman–Crippen LogP) is 3.58. The van der Waals surface area contributed by atoms with Crippen LogP contribution in [0.25, 0.3) is 33.0 Å². The van der Waals surface area contributed by atoms with Gasteiger partial charge in [-0.15, -0.1) is 0 Å². The van der Waals surface area contributed by atoms with Gasteiger partial charge in [-0.2, -0.15) is 0 Å². The largest absolute Gasteiger partial charge is 0.504 e. The molecule has 0 aliphatic heterocycles. The quantitative estimate of drug-likeness (QED) is 0.619. The fourth-order valence-corrected chi connectivity index (χ4v) is 3.59. The number of ether oxygens (including phenoxy) is 3. The van der Waals surface area contributed by atoms with Crippen LogP contribution >= 0.6 is 0 Å². The average molecular weight is 336 g/mol. The third-order valence-corrected chi connectivity index (χ3v) is 4.60. The van der Waals surface area contributed by atoms with E-state index in [0.29, 0.717) is 17.2 Å². The Morgan fingerprint density at radius 3 is 2.20 bits per heavy atom. The van der Waals surface area contributed by atoms with Gasteiger partial charge in [-0.25, -0.2) is 0 Å². The lowest BCUT2D eigenvalue weighted by molar-refractivity contribution is 0.328. The van der Waals surface area contributed by atoms with Crippen LogP contribution in [0.5, 0.6) is 23.0 Å². The highest BCUT2D eigenvalue weighted by Gasteiger charge is 2.30. The summed E-state index contributed by atoms with van der Waals surface area (Å²) in [5.74, 6) is 1.33. The molecule has 3 aromatic rings. The maximum absolute atomic E-state index is 12.1. The van der Waals surface area contributed by atoms with E-state index in [0.717, 1.165) is 33.0 Å². The van der Waals surface area contributed by atoms with Crippen LogP contribution in [0, 0.1) is 0 Å². The maximum Gasteiger partial charge on any atom is 0.220 e. The van der Waals surface area contributed by atoms with E-state index in [4.69, 9.17) is 14.2 Å². The van der Waals surface area contributed by atoms with Gasteiger partial charge < -0.3 is 19.3 Å². The molecule has 4 rings (SSSR count). The minimum atomic E-state index is -0.427. The molecule has 0 saturated carbocycles. The van der Waals surface area contributed by atoms with E-state index < -0.39 is 5.43 Å². The van der Waals surface area contributed by atoms with Crippen LogP contribution in [0.4, 0.5) is 0 Å². The molecule has 0 atom stereocenters. The van der Waals surface area contributed by atoms with E-state index in [2.05, 4.69) is 0 Å². The number of aromatic hydroxyl groups is 1. The van der Waals surface area contributed by atoms with Crippen molar-refractivity contribution >= 4 is 10.8 Å². The van der Waals surface area contributed by atoms with Crippen molar-refractivity contribution < 1.29 is 19.3 Å². The number of hydrogen-bond acceptors (Lipinski definition) is 5. The van der Waals surface area contributed by atoms with Gasteiger partial charge in [-0.1, -0.05) is 18.2 Å². The maximum atomic E-state index is 12.1. The van der Waals surface area contributed by atoms with Crippen molar-refractivity contribution in [2.45, 2.75) is 0 Å². The van der Waals surface area contributed by atoms with Gasteiger partial charge in [0.2, 0.25) is 11.2 Å². The molecular formula is C20H16O5. The van der Waals surface area contributed by atoms with Crippen molar-refractivity contribution in [2.75, 3.05) is 21.3 Å². The highest BCUT2D eigenvalue weighted by atomic mass is 16.5. The summed E-state index contributed by atoms with van der Waals surface area (Å²) < 4.78 is 16.8. The van der Waals surface area contributed by atoms with Crippen LogP contribution in [0.3, 0.4) is 0 Å². The first-order valence-electron chi connectivity index (χ1n) is 7.75. The van der Waals surface area contributed by atoms with Crippen LogP contribution in [0.15, 0.2) is 41.2 Å². The van der Waals surface area contributed by atoms with Gasteiger partial charge in [0.05, 0.1) is 21.3 Å². The predicted molar refractivity (Wildman–Crippen MR) is 96.0 cm³/mol. The van der Waals surface area contributed by atoms with Crippen LogP contribution in [-0.4, -0.2) is 26.4 Å². The Morgan fingerprint density at radius 1 is 0.800 bits per heavy atom. The second kappa shape index (κ2) is 5.41. The van der Waals surface area contributed by atoms with Crippen LogP contribution in [-0.2, 0) is 0 Å². The summed E-state index contributed by atoms with van der Waals surface area (Å²) in [4.78, 5) is 12.1. The number of benzene rings is 2.